The summed E-state index contributed by atoms with van der Waals surface area (Å²) in [5, 5.41) is 11.7. The highest BCUT2D eigenvalue weighted by Crippen LogP contribution is 2.29. The number of thiol groups is 1. The Morgan fingerprint density at radius 3 is 2.19 bits per heavy atom. The fourth-order valence-electron chi connectivity index (χ4n) is 2.04. The molecule has 0 spiro atoms. The molecule has 0 radical (unpaired) electrons. The Hall–Kier alpha value is -2.85. The van der Waals surface area contributed by atoms with Crippen LogP contribution in [0.3, 0.4) is 0 Å². The van der Waals surface area contributed by atoms with Crippen LogP contribution in [0.25, 0.3) is 0 Å². The van der Waals surface area contributed by atoms with Crippen molar-refractivity contribution in [2.24, 2.45) is 5.41 Å². The van der Waals surface area contributed by atoms with Gasteiger partial charge in [-0.15, -0.1) is 0 Å². The van der Waals surface area contributed by atoms with Gasteiger partial charge in [-0.25, -0.2) is 0 Å². The lowest BCUT2D eigenvalue weighted by Gasteiger charge is -2.24. The van der Waals surface area contributed by atoms with E-state index in [9.17, 15) is 14.7 Å². The van der Waals surface area contributed by atoms with Crippen molar-refractivity contribution in [3.05, 3.63) is 35.9 Å². The third-order valence-electron chi connectivity index (χ3n) is 3.38. The first-order valence-electron chi connectivity index (χ1n) is 7.52. The molecule has 0 fully saturated rings. The smallest absolute Gasteiger partial charge is 0.325 e. The van der Waals surface area contributed by atoms with Crippen LogP contribution in [0, 0.1) is 40.3 Å². The zero-order valence-corrected chi connectivity index (χ0v) is 15.3. The van der Waals surface area contributed by atoms with Crippen molar-refractivity contribution >= 4 is 24.6 Å². The lowest BCUT2D eigenvalue weighted by atomic mass is 9.81. The number of esters is 2. The van der Waals surface area contributed by atoms with Gasteiger partial charge in [-0.2, -0.15) is 0 Å². The summed E-state index contributed by atoms with van der Waals surface area (Å²) in [7, 11) is 2.33. The number of ether oxygens (including phenoxy) is 2. The summed E-state index contributed by atoms with van der Waals surface area (Å²) < 4.78 is 9.54. The number of hydrogen-bond donors (Lipinski definition) is 2. The van der Waals surface area contributed by atoms with Crippen molar-refractivity contribution in [2.75, 3.05) is 14.2 Å². The molecule has 1 unspecified atom stereocenters. The third kappa shape index (κ3) is 5.90. The van der Waals surface area contributed by atoms with E-state index in [2.05, 4.69) is 47.5 Å². The van der Waals surface area contributed by atoms with Gasteiger partial charge in [0.25, 0.3) is 0 Å². The lowest BCUT2D eigenvalue weighted by molar-refractivity contribution is -0.168. The van der Waals surface area contributed by atoms with E-state index in [-0.39, 0.29) is 12.8 Å². The van der Waals surface area contributed by atoms with Gasteiger partial charge in [-0.05, 0) is 23.3 Å². The molecule has 0 aromatic heterocycles. The molecule has 0 bridgehead atoms. The molecule has 0 saturated heterocycles. The van der Waals surface area contributed by atoms with E-state index in [1.54, 1.807) is 12.1 Å². The summed E-state index contributed by atoms with van der Waals surface area (Å²) in [5.41, 5.74) is -0.978. The molecular formula is C20H18O5S. The third-order valence-corrected chi connectivity index (χ3v) is 3.51. The minimum atomic E-state index is -1.72. The Bertz CT molecular complexity index is 796. The number of methoxy groups -OCH3 is 2. The molecular weight excluding hydrogens is 352 g/mol. The molecule has 1 atom stereocenters. The average Bonchev–Trinajstić information content (AvgIpc) is 2.66. The Morgan fingerprint density at radius 1 is 1.08 bits per heavy atom. The number of aliphatic hydroxyl groups excluding tert-OH is 1. The maximum absolute atomic E-state index is 12.3. The van der Waals surface area contributed by atoms with Crippen molar-refractivity contribution in [3.63, 3.8) is 0 Å². The van der Waals surface area contributed by atoms with Gasteiger partial charge < -0.3 is 14.6 Å². The molecule has 5 nitrogen and oxygen atoms in total. The number of benzene rings is 1. The highest BCUT2D eigenvalue weighted by molar-refractivity contribution is 7.85. The normalized spacial score (nSPS) is 10.6. The van der Waals surface area contributed by atoms with Crippen LogP contribution in [0.5, 0.6) is 0 Å². The minimum absolute atomic E-state index is 0.149. The summed E-state index contributed by atoms with van der Waals surface area (Å²) >= 11 is 3.66. The van der Waals surface area contributed by atoms with Crippen LogP contribution in [0.2, 0.25) is 0 Å². The zero-order valence-electron chi connectivity index (χ0n) is 14.4. The van der Waals surface area contributed by atoms with E-state index in [1.807, 2.05) is 18.2 Å². The molecule has 1 rings (SSSR count). The van der Waals surface area contributed by atoms with E-state index in [0.29, 0.717) is 0 Å². The van der Waals surface area contributed by atoms with Crippen LogP contribution in [0.1, 0.15) is 18.4 Å². The van der Waals surface area contributed by atoms with Gasteiger partial charge in [0, 0.05) is 18.4 Å². The molecule has 0 amide bonds. The van der Waals surface area contributed by atoms with Gasteiger partial charge >= 0.3 is 11.9 Å². The van der Waals surface area contributed by atoms with E-state index >= 15 is 0 Å². The van der Waals surface area contributed by atoms with Crippen molar-refractivity contribution in [1.29, 1.82) is 0 Å². The first kappa shape index (κ1) is 21.2. The van der Waals surface area contributed by atoms with Crippen LogP contribution in [-0.2, 0) is 19.1 Å². The SMILES string of the molecule is COC(=O)C(CC#Cc1ccccc1)(CC#CC(O)C#CS)C(=O)OC. The van der Waals surface area contributed by atoms with Gasteiger partial charge in [0.05, 0.1) is 14.2 Å². The maximum Gasteiger partial charge on any atom is 0.325 e. The lowest BCUT2D eigenvalue weighted by Crippen LogP contribution is -2.41. The highest BCUT2D eigenvalue weighted by Gasteiger charge is 2.47. The number of carbonyl (C=O) groups is 2. The Kier molecular flexibility index (Phi) is 8.88. The molecule has 1 N–H and O–H groups in total. The largest absolute Gasteiger partial charge is 0.468 e. The molecule has 0 saturated carbocycles. The standard InChI is InChI=1S/C20H18O5S/c1-24-18(22)20(19(23)25-2,14-7-11-17(21)12-15-26)13-6-10-16-8-4-3-5-9-16/h3-5,8-9,17,21,26H,13-14H2,1-2H3. The van der Waals surface area contributed by atoms with Gasteiger partial charge in [0.1, 0.15) is 0 Å². The van der Waals surface area contributed by atoms with Crippen LogP contribution in [0.4, 0.5) is 0 Å². The Labute approximate surface area is 158 Å². The molecule has 0 heterocycles. The van der Waals surface area contributed by atoms with Crippen LogP contribution >= 0.6 is 12.6 Å². The van der Waals surface area contributed by atoms with Gasteiger partial charge in [-0.1, -0.05) is 54.5 Å². The summed E-state index contributed by atoms with van der Waals surface area (Å²) in [6.07, 6.45) is -1.62. The second kappa shape index (κ2) is 10.9. The first-order valence-corrected chi connectivity index (χ1v) is 7.96. The fraction of sp³-hybridized carbons (Fsp3) is 0.300. The summed E-state index contributed by atoms with van der Waals surface area (Å²) in [5.74, 6) is 11.4. The monoisotopic (exact) mass is 370 g/mol. The summed E-state index contributed by atoms with van der Waals surface area (Å²) in [6.45, 7) is 0. The Balaban J connectivity index is 3.17. The molecule has 0 aliphatic rings. The van der Waals surface area contributed by atoms with E-state index < -0.39 is 23.5 Å². The van der Waals surface area contributed by atoms with Crippen molar-refractivity contribution < 1.29 is 24.2 Å². The van der Waals surface area contributed by atoms with Gasteiger partial charge in [0.2, 0.25) is 0 Å². The topological polar surface area (TPSA) is 72.8 Å². The second-order valence-corrected chi connectivity index (χ2v) is 5.29. The molecule has 1 aromatic rings. The highest BCUT2D eigenvalue weighted by atomic mass is 32.1. The number of carbonyl (C=O) groups excluding carboxylic acids is 2. The van der Waals surface area contributed by atoms with Crippen molar-refractivity contribution in [3.8, 4) is 34.9 Å². The van der Waals surface area contributed by atoms with Crippen molar-refractivity contribution in [2.45, 2.75) is 18.9 Å². The quantitative estimate of drug-likeness (QED) is 0.363. The van der Waals surface area contributed by atoms with Gasteiger partial charge in [-0.3, -0.25) is 9.59 Å². The number of aliphatic hydroxyl groups is 1. The average molecular weight is 370 g/mol. The second-order valence-electron chi connectivity index (χ2n) is 5.07. The molecule has 134 valence electrons. The predicted molar refractivity (Wildman–Crippen MR) is 99.6 cm³/mol. The van der Waals surface area contributed by atoms with Crippen molar-refractivity contribution in [1.82, 2.24) is 0 Å². The molecule has 26 heavy (non-hydrogen) atoms. The number of rotatable bonds is 4. The fourth-order valence-corrected chi connectivity index (χ4v) is 2.16. The molecule has 6 heteroatoms. The number of hydrogen-bond acceptors (Lipinski definition) is 6. The first-order chi connectivity index (χ1) is 12.5. The maximum atomic E-state index is 12.3. The van der Waals surface area contributed by atoms with E-state index in [0.717, 1.165) is 5.56 Å². The molecule has 1 aromatic carbocycles. The summed E-state index contributed by atoms with van der Waals surface area (Å²) in [4.78, 5) is 24.6. The van der Waals surface area contributed by atoms with Crippen LogP contribution in [-0.4, -0.2) is 37.4 Å². The van der Waals surface area contributed by atoms with E-state index in [1.165, 1.54) is 14.2 Å². The van der Waals surface area contributed by atoms with E-state index in [4.69, 9.17) is 9.47 Å². The summed E-state index contributed by atoms with van der Waals surface area (Å²) in [6, 6.07) is 9.11. The Morgan fingerprint density at radius 2 is 1.65 bits per heavy atom. The molecule has 0 aliphatic heterocycles. The minimum Gasteiger partial charge on any atom is -0.468 e. The van der Waals surface area contributed by atoms with Crippen LogP contribution in [0.15, 0.2) is 30.3 Å². The van der Waals surface area contributed by atoms with Gasteiger partial charge in [0.15, 0.2) is 11.5 Å². The predicted octanol–water partition coefficient (Wildman–Crippen LogP) is 1.41. The molecule has 0 aliphatic carbocycles. The van der Waals surface area contributed by atoms with Crippen LogP contribution < -0.4 is 0 Å². The zero-order chi connectivity index (χ0) is 19.4.